The first kappa shape index (κ1) is 12.9. The molecular formula is C11H17NO4. The van der Waals surface area contributed by atoms with Crippen LogP contribution in [0.2, 0.25) is 0 Å². The highest BCUT2D eigenvalue weighted by molar-refractivity contribution is 5.78. The van der Waals surface area contributed by atoms with Gasteiger partial charge < -0.3 is 9.84 Å². The summed E-state index contributed by atoms with van der Waals surface area (Å²) in [4.78, 5) is 24.9. The number of carboxylic acids is 1. The number of aliphatic imine (C=N–C) groups is 1. The van der Waals surface area contributed by atoms with Crippen LogP contribution in [0.4, 0.5) is 0 Å². The molecule has 1 N–H and O–H groups in total. The lowest BCUT2D eigenvalue weighted by atomic mass is 10.1. The molecule has 16 heavy (non-hydrogen) atoms. The van der Waals surface area contributed by atoms with Crippen LogP contribution in [-0.4, -0.2) is 29.0 Å². The zero-order chi connectivity index (χ0) is 12.0. The predicted octanol–water partition coefficient (Wildman–Crippen LogP) is 1.86. The van der Waals surface area contributed by atoms with E-state index < -0.39 is 11.7 Å². The number of isocyanates is 1. The van der Waals surface area contributed by atoms with Crippen molar-refractivity contribution in [2.24, 2.45) is 4.99 Å². The van der Waals surface area contributed by atoms with E-state index in [1.54, 1.807) is 0 Å². The van der Waals surface area contributed by atoms with Gasteiger partial charge in [0, 0.05) is 6.42 Å². The summed E-state index contributed by atoms with van der Waals surface area (Å²) in [6.45, 7) is 1.83. The van der Waals surface area contributed by atoms with Crippen molar-refractivity contribution < 1.29 is 19.4 Å². The molecule has 0 spiro atoms. The smallest absolute Gasteiger partial charge is 0.360 e. The minimum atomic E-state index is -1.72. The van der Waals surface area contributed by atoms with Crippen molar-refractivity contribution in [1.82, 2.24) is 0 Å². The first-order valence-electron chi connectivity index (χ1n) is 5.65. The lowest BCUT2D eigenvalue weighted by Gasteiger charge is -2.26. The van der Waals surface area contributed by atoms with Crippen molar-refractivity contribution in [1.29, 1.82) is 0 Å². The van der Waals surface area contributed by atoms with E-state index in [2.05, 4.69) is 4.99 Å². The van der Waals surface area contributed by atoms with Crippen molar-refractivity contribution in [3.05, 3.63) is 0 Å². The third-order valence-corrected chi connectivity index (χ3v) is 2.81. The van der Waals surface area contributed by atoms with Crippen LogP contribution in [0, 0.1) is 0 Å². The quantitative estimate of drug-likeness (QED) is 0.555. The number of carboxylic acid groups (broad SMARTS) is 1. The zero-order valence-electron chi connectivity index (χ0n) is 9.44. The molecule has 5 nitrogen and oxygen atoms in total. The molecule has 0 aromatic heterocycles. The molecule has 1 aliphatic rings. The molecule has 1 aliphatic carbocycles. The van der Waals surface area contributed by atoms with Gasteiger partial charge in [-0.25, -0.2) is 9.59 Å². The first-order chi connectivity index (χ1) is 7.64. The highest BCUT2D eigenvalue weighted by Crippen LogP contribution is 2.29. The van der Waals surface area contributed by atoms with Crippen molar-refractivity contribution in [3.63, 3.8) is 0 Å². The maximum atomic E-state index is 11.2. The van der Waals surface area contributed by atoms with E-state index in [0.29, 0.717) is 6.42 Å². The number of nitrogens with zero attached hydrogens (tertiary/aromatic N) is 1. The molecule has 1 atom stereocenters. The molecule has 5 heteroatoms. The second kappa shape index (κ2) is 5.77. The van der Waals surface area contributed by atoms with Gasteiger partial charge >= 0.3 is 5.97 Å². The molecular weight excluding hydrogens is 210 g/mol. The second-order valence-corrected chi connectivity index (χ2v) is 4.07. The molecule has 0 amide bonds. The maximum absolute atomic E-state index is 11.2. The van der Waals surface area contributed by atoms with E-state index in [1.807, 2.05) is 6.92 Å². The number of aliphatic carboxylic acids is 1. The Morgan fingerprint density at radius 1 is 1.56 bits per heavy atom. The van der Waals surface area contributed by atoms with Gasteiger partial charge in [0.05, 0.1) is 6.10 Å². The van der Waals surface area contributed by atoms with E-state index in [4.69, 9.17) is 9.84 Å². The highest BCUT2D eigenvalue weighted by atomic mass is 16.5. The van der Waals surface area contributed by atoms with E-state index in [0.717, 1.165) is 25.7 Å². The average Bonchev–Trinajstić information content (AvgIpc) is 2.70. The molecule has 0 bridgehead atoms. The first-order valence-corrected chi connectivity index (χ1v) is 5.65. The Morgan fingerprint density at radius 2 is 2.19 bits per heavy atom. The molecule has 1 fully saturated rings. The molecule has 90 valence electrons. The van der Waals surface area contributed by atoms with Gasteiger partial charge in [0.25, 0.3) is 5.72 Å². The minimum absolute atomic E-state index is 0.0975. The van der Waals surface area contributed by atoms with Crippen LogP contribution in [0.5, 0.6) is 0 Å². The van der Waals surface area contributed by atoms with Crippen molar-refractivity contribution in [3.8, 4) is 0 Å². The number of ether oxygens (including phenoxy) is 1. The Morgan fingerprint density at radius 3 is 2.62 bits per heavy atom. The zero-order valence-corrected chi connectivity index (χ0v) is 9.44. The average molecular weight is 227 g/mol. The molecule has 0 aromatic rings. The third kappa shape index (κ3) is 2.90. The van der Waals surface area contributed by atoms with E-state index in [1.165, 1.54) is 6.08 Å². The standard InChI is InChI=1S/C11H17NO4/c1-2-7-11(10(14)15,12-8-13)16-9-5-3-4-6-9/h9H,2-7H2,1H3,(H,14,15). The summed E-state index contributed by atoms with van der Waals surface area (Å²) in [5, 5.41) is 9.15. The fourth-order valence-corrected chi connectivity index (χ4v) is 2.04. The molecule has 0 saturated heterocycles. The van der Waals surface area contributed by atoms with Crippen molar-refractivity contribution >= 4 is 12.0 Å². The third-order valence-electron chi connectivity index (χ3n) is 2.81. The van der Waals surface area contributed by atoms with Crippen LogP contribution in [0.3, 0.4) is 0 Å². The van der Waals surface area contributed by atoms with Crippen molar-refractivity contribution in [2.75, 3.05) is 0 Å². The van der Waals surface area contributed by atoms with E-state index >= 15 is 0 Å². The van der Waals surface area contributed by atoms with Gasteiger partial charge in [-0.3, -0.25) is 0 Å². The summed E-state index contributed by atoms with van der Waals surface area (Å²) >= 11 is 0. The summed E-state index contributed by atoms with van der Waals surface area (Å²) < 4.78 is 5.51. The molecule has 0 aliphatic heterocycles. The van der Waals surface area contributed by atoms with Crippen LogP contribution in [0.25, 0.3) is 0 Å². The Bertz CT molecular complexity index is 288. The number of hydrogen-bond donors (Lipinski definition) is 1. The molecule has 1 rings (SSSR count). The lowest BCUT2D eigenvalue weighted by Crippen LogP contribution is -2.42. The van der Waals surface area contributed by atoms with Gasteiger partial charge in [0.15, 0.2) is 0 Å². The van der Waals surface area contributed by atoms with E-state index in [-0.39, 0.29) is 12.5 Å². The Kier molecular flexibility index (Phi) is 4.65. The highest BCUT2D eigenvalue weighted by Gasteiger charge is 2.41. The van der Waals surface area contributed by atoms with Crippen LogP contribution in [0.1, 0.15) is 45.4 Å². The topological polar surface area (TPSA) is 76.0 Å². The summed E-state index contributed by atoms with van der Waals surface area (Å²) in [5.74, 6) is -1.20. The van der Waals surface area contributed by atoms with E-state index in [9.17, 15) is 9.59 Å². The molecule has 0 radical (unpaired) electrons. The fourth-order valence-electron chi connectivity index (χ4n) is 2.04. The van der Waals surface area contributed by atoms with Gasteiger partial charge in [0.1, 0.15) is 0 Å². The largest absolute Gasteiger partial charge is 0.478 e. The van der Waals surface area contributed by atoms with Crippen molar-refractivity contribution in [2.45, 2.75) is 57.3 Å². The SMILES string of the molecule is CCCC(N=C=O)(OC1CCCC1)C(=O)O. The number of rotatable bonds is 6. The summed E-state index contributed by atoms with van der Waals surface area (Å²) in [5.41, 5.74) is -1.72. The van der Waals surface area contributed by atoms with Crippen LogP contribution < -0.4 is 0 Å². The lowest BCUT2D eigenvalue weighted by molar-refractivity contribution is -0.173. The van der Waals surface area contributed by atoms with Gasteiger partial charge in [-0.1, -0.05) is 26.2 Å². The van der Waals surface area contributed by atoms with Gasteiger partial charge in [-0.05, 0) is 12.8 Å². The maximum Gasteiger partial charge on any atom is 0.360 e. The number of hydrogen-bond acceptors (Lipinski definition) is 4. The monoisotopic (exact) mass is 227 g/mol. The van der Waals surface area contributed by atoms with Gasteiger partial charge in [-0.2, -0.15) is 4.99 Å². The Labute approximate surface area is 94.5 Å². The number of carbonyl (C=O) groups is 1. The summed E-state index contributed by atoms with van der Waals surface area (Å²) in [6.07, 6.45) is 5.77. The minimum Gasteiger partial charge on any atom is -0.478 e. The van der Waals surface area contributed by atoms with Crippen LogP contribution >= 0.6 is 0 Å². The molecule has 1 saturated carbocycles. The van der Waals surface area contributed by atoms with Gasteiger partial charge in [-0.15, -0.1) is 0 Å². The Balaban J connectivity index is 2.81. The normalized spacial score (nSPS) is 20.1. The summed E-state index contributed by atoms with van der Waals surface area (Å²) in [7, 11) is 0. The summed E-state index contributed by atoms with van der Waals surface area (Å²) in [6, 6.07) is 0. The predicted molar refractivity (Wildman–Crippen MR) is 56.7 cm³/mol. The Hall–Kier alpha value is -1.19. The van der Waals surface area contributed by atoms with Crippen LogP contribution in [-0.2, 0) is 14.3 Å². The molecule has 0 aromatic carbocycles. The molecule has 0 heterocycles. The number of carbonyl (C=O) groups excluding carboxylic acids is 1. The fraction of sp³-hybridized carbons (Fsp3) is 0.818. The molecule has 1 unspecified atom stereocenters. The van der Waals surface area contributed by atoms with Crippen LogP contribution in [0.15, 0.2) is 4.99 Å². The second-order valence-electron chi connectivity index (χ2n) is 4.07. The van der Waals surface area contributed by atoms with Gasteiger partial charge in [0.2, 0.25) is 6.08 Å².